The van der Waals surface area contributed by atoms with E-state index < -0.39 is 14.2 Å². The lowest BCUT2D eigenvalue weighted by atomic mass is 9.77. The number of benzene rings is 2. The number of rotatable bonds is 0. The molecule has 0 radical (unpaired) electrons. The summed E-state index contributed by atoms with van der Waals surface area (Å²) in [5, 5.41) is 18.6. The summed E-state index contributed by atoms with van der Waals surface area (Å²) in [4.78, 5) is 0. The van der Waals surface area contributed by atoms with Gasteiger partial charge in [-0.2, -0.15) is 0 Å². The molecule has 4 nitrogen and oxygen atoms in total. The van der Waals surface area contributed by atoms with Crippen LogP contribution >= 0.6 is 31.9 Å². The van der Waals surface area contributed by atoms with Gasteiger partial charge in [0.15, 0.2) is 0 Å². The summed E-state index contributed by atoms with van der Waals surface area (Å²) in [6.07, 6.45) is 2.90. The molecule has 2 N–H and O–H groups in total. The van der Waals surface area contributed by atoms with Crippen LogP contribution < -0.4 is 9.31 Å². The molecule has 0 aromatic heterocycles. The van der Waals surface area contributed by atoms with E-state index in [9.17, 15) is 5.02 Å². The normalized spacial score (nSPS) is 20.9. The quantitative estimate of drug-likeness (QED) is 0.538. The van der Waals surface area contributed by atoms with Crippen molar-refractivity contribution in [3.8, 4) is 11.5 Å². The molecule has 1 saturated carbocycles. The molecule has 0 spiro atoms. The Bertz CT molecular complexity index is 846. The topological polar surface area (TPSA) is 58.9 Å². The Kier molecular flexibility index (Phi) is 5.87. The summed E-state index contributed by atoms with van der Waals surface area (Å²) < 4.78 is 12.6. The Hall–Kier alpha value is -1.21. The van der Waals surface area contributed by atoms with Crippen molar-refractivity contribution < 1.29 is 19.4 Å². The zero-order chi connectivity index (χ0) is 17.6. The zero-order valence-corrected chi connectivity index (χ0v) is 16.3. The van der Waals surface area contributed by atoms with Crippen molar-refractivity contribution in [2.75, 3.05) is 0 Å². The highest BCUT2D eigenvalue weighted by molar-refractivity contribution is 9.10. The van der Waals surface area contributed by atoms with Crippen molar-refractivity contribution in [1.82, 2.24) is 0 Å². The van der Waals surface area contributed by atoms with Gasteiger partial charge >= 0.3 is 14.2 Å². The lowest BCUT2D eigenvalue weighted by molar-refractivity contribution is 0.399. The SMILES string of the molecule is C.OB1C=Cc2cc(Br)ccc2O1.OB1Oc2ccc(Br)cc2C2CC12. The van der Waals surface area contributed by atoms with Crippen molar-refractivity contribution in [3.63, 3.8) is 0 Å². The minimum Gasteiger partial charge on any atom is -0.536 e. The van der Waals surface area contributed by atoms with Crippen molar-refractivity contribution in [2.24, 2.45) is 0 Å². The van der Waals surface area contributed by atoms with E-state index in [1.54, 1.807) is 5.98 Å². The van der Waals surface area contributed by atoms with Gasteiger partial charge in [-0.25, -0.2) is 0 Å². The Balaban J connectivity index is 0.000000146. The van der Waals surface area contributed by atoms with Gasteiger partial charge in [0.1, 0.15) is 11.5 Å². The molecule has 2 atom stereocenters. The second-order valence-electron chi connectivity index (χ2n) is 6.25. The minimum atomic E-state index is -0.807. The van der Waals surface area contributed by atoms with Crippen LogP contribution in [0.2, 0.25) is 5.82 Å². The standard InChI is InChI=1S/C9H8BBrO2.C8H6BBrO2.CH4/c11-5-1-2-9-7(3-5)6-4-8(6)10(12)13-9;10-7-1-2-8-6(5-7)3-4-9(11)12-8;/h1-3,6,8,12H,4H2;1-5,11H;1H4. The Morgan fingerprint density at radius 3 is 2.42 bits per heavy atom. The van der Waals surface area contributed by atoms with E-state index in [1.807, 2.05) is 36.4 Å². The molecule has 3 aliphatic rings. The van der Waals surface area contributed by atoms with E-state index in [0.717, 1.165) is 26.7 Å². The first-order valence-electron chi connectivity index (χ1n) is 7.98. The Morgan fingerprint density at radius 2 is 1.65 bits per heavy atom. The summed E-state index contributed by atoms with van der Waals surface area (Å²) in [6.45, 7) is 0. The van der Waals surface area contributed by atoms with Gasteiger partial charge in [0, 0.05) is 20.3 Å². The molecule has 5 rings (SSSR count). The molecule has 2 unspecified atom stereocenters. The fraction of sp³-hybridized carbons (Fsp3) is 0.222. The van der Waals surface area contributed by atoms with Gasteiger partial charge in [-0.1, -0.05) is 45.4 Å². The van der Waals surface area contributed by atoms with Crippen LogP contribution in [0.4, 0.5) is 0 Å². The molecule has 0 bridgehead atoms. The minimum absolute atomic E-state index is 0. The third-order valence-corrected chi connectivity index (χ3v) is 5.47. The Morgan fingerprint density at radius 1 is 0.962 bits per heavy atom. The van der Waals surface area contributed by atoms with E-state index in [1.165, 1.54) is 5.56 Å². The van der Waals surface area contributed by atoms with Crippen LogP contribution in [-0.2, 0) is 0 Å². The number of hydrogen-bond acceptors (Lipinski definition) is 4. The van der Waals surface area contributed by atoms with Gasteiger partial charge in [-0.3, -0.25) is 0 Å². The van der Waals surface area contributed by atoms with Gasteiger partial charge in [-0.15, -0.1) is 0 Å². The van der Waals surface area contributed by atoms with Gasteiger partial charge in [-0.05, 0) is 60.3 Å². The lowest BCUT2D eigenvalue weighted by Gasteiger charge is -2.18. The zero-order valence-electron chi connectivity index (χ0n) is 13.1. The maximum atomic E-state index is 9.50. The van der Waals surface area contributed by atoms with E-state index in [2.05, 4.69) is 37.9 Å². The fourth-order valence-corrected chi connectivity index (χ4v) is 3.89. The fourth-order valence-electron chi connectivity index (χ4n) is 3.13. The van der Waals surface area contributed by atoms with Gasteiger partial charge < -0.3 is 19.4 Å². The molecule has 2 aromatic carbocycles. The van der Waals surface area contributed by atoms with Crippen LogP contribution in [-0.4, -0.2) is 24.3 Å². The summed E-state index contributed by atoms with van der Waals surface area (Å²) in [5.74, 6) is 4.02. The van der Waals surface area contributed by atoms with E-state index in [-0.39, 0.29) is 7.43 Å². The van der Waals surface area contributed by atoms with Crippen molar-refractivity contribution in [2.45, 2.75) is 25.6 Å². The first-order valence-corrected chi connectivity index (χ1v) is 9.56. The monoisotopic (exact) mass is 478 g/mol. The van der Waals surface area contributed by atoms with Crippen molar-refractivity contribution in [1.29, 1.82) is 0 Å². The highest BCUT2D eigenvalue weighted by atomic mass is 79.9. The van der Waals surface area contributed by atoms with Gasteiger partial charge in [0.2, 0.25) is 0 Å². The second-order valence-corrected chi connectivity index (χ2v) is 8.08. The molecule has 26 heavy (non-hydrogen) atoms. The first-order chi connectivity index (χ1) is 12.0. The molecule has 2 heterocycles. The maximum absolute atomic E-state index is 9.50. The van der Waals surface area contributed by atoms with Crippen LogP contribution in [0.5, 0.6) is 11.5 Å². The molecule has 1 aliphatic carbocycles. The highest BCUT2D eigenvalue weighted by Crippen LogP contribution is 2.59. The third kappa shape index (κ3) is 4.03. The van der Waals surface area contributed by atoms with Crippen LogP contribution in [0.15, 0.2) is 51.3 Å². The van der Waals surface area contributed by atoms with Crippen LogP contribution in [0.25, 0.3) is 6.08 Å². The molecule has 134 valence electrons. The van der Waals surface area contributed by atoms with Crippen molar-refractivity contribution in [3.05, 3.63) is 62.4 Å². The summed E-state index contributed by atoms with van der Waals surface area (Å²) in [5.41, 5.74) is 2.22. The first kappa shape index (κ1) is 19.5. The molecule has 0 amide bonds. The van der Waals surface area contributed by atoms with E-state index in [4.69, 9.17) is 14.3 Å². The number of fused-ring (bicyclic) bond motifs is 4. The van der Waals surface area contributed by atoms with Gasteiger partial charge in [0.05, 0.1) is 0 Å². The smallest absolute Gasteiger partial charge is 0.536 e. The maximum Gasteiger partial charge on any atom is 0.552 e. The van der Waals surface area contributed by atoms with Crippen LogP contribution in [0, 0.1) is 0 Å². The molecule has 2 aromatic rings. The number of hydrogen-bond donors (Lipinski definition) is 2. The molecular weight excluding hydrogens is 462 g/mol. The van der Waals surface area contributed by atoms with E-state index >= 15 is 0 Å². The summed E-state index contributed by atoms with van der Waals surface area (Å²) in [6, 6.07) is 11.6. The molecule has 8 heteroatoms. The molecule has 1 fully saturated rings. The molecular formula is C18H18B2Br2O4. The predicted octanol–water partition coefficient (Wildman–Crippen LogP) is 4.69. The van der Waals surface area contributed by atoms with Crippen LogP contribution in [0.1, 0.15) is 30.9 Å². The summed E-state index contributed by atoms with van der Waals surface area (Å²) >= 11 is 6.79. The third-order valence-electron chi connectivity index (χ3n) is 4.49. The Labute approximate surface area is 170 Å². The molecule has 0 saturated heterocycles. The average Bonchev–Trinajstić information content (AvgIpc) is 3.38. The van der Waals surface area contributed by atoms with E-state index in [0.29, 0.717) is 17.5 Å². The largest absolute Gasteiger partial charge is 0.552 e. The second kappa shape index (κ2) is 7.80. The van der Waals surface area contributed by atoms with Gasteiger partial charge in [0.25, 0.3) is 0 Å². The van der Waals surface area contributed by atoms with Crippen LogP contribution in [0.3, 0.4) is 0 Å². The summed E-state index contributed by atoms with van der Waals surface area (Å²) in [7, 11) is -1.39. The number of halogens is 2. The predicted molar refractivity (Wildman–Crippen MR) is 112 cm³/mol. The average molecular weight is 480 g/mol. The highest BCUT2D eigenvalue weighted by Gasteiger charge is 2.53. The van der Waals surface area contributed by atoms with Crippen molar-refractivity contribution >= 4 is 52.2 Å². The lowest BCUT2D eigenvalue weighted by Crippen LogP contribution is -2.25. The molecule has 2 aliphatic heterocycles.